The quantitative estimate of drug-likeness (QED) is 0.780. The first-order valence-electron chi connectivity index (χ1n) is 8.61. The van der Waals surface area contributed by atoms with E-state index in [1.165, 1.54) is 18.6 Å². The van der Waals surface area contributed by atoms with E-state index in [1.54, 1.807) is 0 Å². The molecule has 3 aliphatic heterocycles. The highest BCUT2D eigenvalue weighted by molar-refractivity contribution is 5.89. The molecule has 3 heterocycles. The van der Waals surface area contributed by atoms with Crippen LogP contribution in [0.2, 0.25) is 0 Å². The second-order valence-corrected chi connectivity index (χ2v) is 6.74. The van der Waals surface area contributed by atoms with Crippen molar-refractivity contribution in [1.82, 2.24) is 10.2 Å². The molecule has 0 aliphatic carbocycles. The molecule has 2 N–H and O–H groups in total. The number of ether oxygens (including phenoxy) is 1. The molecule has 1 aromatic rings. The van der Waals surface area contributed by atoms with Gasteiger partial charge in [-0.3, -0.25) is 4.90 Å². The van der Waals surface area contributed by atoms with Crippen molar-refractivity contribution in [3.8, 4) is 5.75 Å². The van der Waals surface area contributed by atoms with Gasteiger partial charge in [0.25, 0.3) is 0 Å². The van der Waals surface area contributed by atoms with Crippen LogP contribution in [0.15, 0.2) is 36.9 Å². The molecule has 142 valence electrons. The first-order valence-corrected chi connectivity index (χ1v) is 8.61. The van der Waals surface area contributed by atoms with Crippen molar-refractivity contribution < 1.29 is 22.7 Å². The van der Waals surface area contributed by atoms with Crippen molar-refractivity contribution in [2.45, 2.75) is 25.2 Å². The molecule has 4 rings (SSSR count). The van der Waals surface area contributed by atoms with Gasteiger partial charge in [0.05, 0.1) is 0 Å². The number of alkyl halides is 3. The normalized spacial score (nSPS) is 27.7. The van der Waals surface area contributed by atoms with Crippen LogP contribution in [0.25, 0.3) is 0 Å². The molecular formula is C18H22F3N3O2. The summed E-state index contributed by atoms with van der Waals surface area (Å²) in [5, 5.41) is 5.46. The van der Waals surface area contributed by atoms with Crippen LogP contribution in [0.5, 0.6) is 5.75 Å². The van der Waals surface area contributed by atoms with Crippen LogP contribution < -0.4 is 15.4 Å². The number of hydrogen-bond donors (Lipinski definition) is 2. The fourth-order valence-electron chi connectivity index (χ4n) is 3.78. The number of carbonyl (C=O) groups excluding carboxylic acids is 1. The Kier molecular flexibility index (Phi) is 5.41. The van der Waals surface area contributed by atoms with Crippen molar-refractivity contribution in [3.05, 3.63) is 36.9 Å². The Bertz CT molecular complexity index is 648. The van der Waals surface area contributed by atoms with Crippen LogP contribution in [-0.4, -0.2) is 43.0 Å². The summed E-state index contributed by atoms with van der Waals surface area (Å²) in [6.07, 6.45) is -0.489. The van der Waals surface area contributed by atoms with E-state index in [0.717, 1.165) is 31.6 Å². The molecule has 0 saturated carbocycles. The van der Waals surface area contributed by atoms with Crippen LogP contribution in [-0.2, 0) is 0 Å². The lowest BCUT2D eigenvalue weighted by molar-refractivity contribution is -0.274. The number of nitrogens with zero attached hydrogens (tertiary/aromatic N) is 1. The van der Waals surface area contributed by atoms with E-state index >= 15 is 0 Å². The summed E-state index contributed by atoms with van der Waals surface area (Å²) in [5.74, 6) is 0.839. The standard InChI is InChI=1S/C18H22F3N3O2/c1-2-12-11-24-8-7-13(12)9-15(24)10-22-17(25)23-14-3-5-16(6-4-14)26-18(19,20)21/h2-6,12-13,15H,1,7-11H2,(H2,22,23,25). The molecule has 1 aromatic carbocycles. The number of piperidine rings is 3. The highest BCUT2D eigenvalue weighted by Gasteiger charge is 2.38. The number of carbonyl (C=O) groups is 1. The summed E-state index contributed by atoms with van der Waals surface area (Å²) in [6.45, 7) is 6.47. The smallest absolute Gasteiger partial charge is 0.406 e. The third kappa shape index (κ3) is 4.69. The molecule has 0 spiro atoms. The minimum atomic E-state index is -4.73. The molecule has 8 heteroatoms. The maximum atomic E-state index is 12.1. The first kappa shape index (κ1) is 18.6. The predicted octanol–water partition coefficient (Wildman–Crippen LogP) is 3.60. The fourth-order valence-corrected chi connectivity index (χ4v) is 3.78. The molecular weight excluding hydrogens is 347 g/mol. The lowest BCUT2D eigenvalue weighted by Crippen LogP contribution is -2.56. The van der Waals surface area contributed by atoms with Gasteiger partial charge in [0, 0.05) is 24.8 Å². The molecule has 3 saturated heterocycles. The number of benzene rings is 1. The van der Waals surface area contributed by atoms with Gasteiger partial charge in [-0.15, -0.1) is 19.8 Å². The summed E-state index contributed by atoms with van der Waals surface area (Å²) >= 11 is 0. The maximum absolute atomic E-state index is 12.1. The van der Waals surface area contributed by atoms with Gasteiger partial charge in [-0.2, -0.15) is 0 Å². The highest BCUT2D eigenvalue weighted by Crippen LogP contribution is 2.36. The van der Waals surface area contributed by atoms with Crippen LogP contribution in [0.1, 0.15) is 12.8 Å². The number of halogens is 3. The topological polar surface area (TPSA) is 53.6 Å². The van der Waals surface area contributed by atoms with E-state index in [0.29, 0.717) is 30.1 Å². The molecule has 5 nitrogen and oxygen atoms in total. The van der Waals surface area contributed by atoms with Gasteiger partial charge in [-0.1, -0.05) is 6.08 Å². The van der Waals surface area contributed by atoms with Gasteiger partial charge in [-0.25, -0.2) is 4.79 Å². The van der Waals surface area contributed by atoms with E-state index in [1.807, 2.05) is 6.08 Å². The Hall–Kier alpha value is -2.22. The third-order valence-electron chi connectivity index (χ3n) is 5.08. The summed E-state index contributed by atoms with van der Waals surface area (Å²) in [5.41, 5.74) is 0.397. The summed E-state index contributed by atoms with van der Waals surface area (Å²) in [4.78, 5) is 14.4. The zero-order chi connectivity index (χ0) is 18.7. The van der Waals surface area contributed by atoms with Gasteiger partial charge >= 0.3 is 12.4 Å². The van der Waals surface area contributed by atoms with Gasteiger partial charge < -0.3 is 15.4 Å². The van der Waals surface area contributed by atoms with E-state index in [4.69, 9.17) is 0 Å². The van der Waals surface area contributed by atoms with Gasteiger partial charge in [-0.05, 0) is 55.5 Å². The number of hydrogen-bond acceptors (Lipinski definition) is 3. The molecule has 26 heavy (non-hydrogen) atoms. The van der Waals surface area contributed by atoms with Crippen LogP contribution >= 0.6 is 0 Å². The second-order valence-electron chi connectivity index (χ2n) is 6.74. The molecule has 4 unspecified atom stereocenters. The molecule has 3 aliphatic rings. The van der Waals surface area contributed by atoms with Gasteiger partial charge in [0.2, 0.25) is 0 Å². The number of fused-ring (bicyclic) bond motifs is 3. The van der Waals surface area contributed by atoms with Crippen molar-refractivity contribution in [2.24, 2.45) is 11.8 Å². The molecule has 0 radical (unpaired) electrons. The van der Waals surface area contributed by atoms with E-state index in [2.05, 4.69) is 26.8 Å². The largest absolute Gasteiger partial charge is 0.573 e. The van der Waals surface area contributed by atoms with E-state index < -0.39 is 6.36 Å². The van der Waals surface area contributed by atoms with Crippen LogP contribution in [0.4, 0.5) is 23.7 Å². The van der Waals surface area contributed by atoms with Crippen LogP contribution in [0.3, 0.4) is 0 Å². The second kappa shape index (κ2) is 7.57. The third-order valence-corrected chi connectivity index (χ3v) is 5.08. The summed E-state index contributed by atoms with van der Waals surface area (Å²) in [6, 6.07) is 4.98. The van der Waals surface area contributed by atoms with E-state index in [9.17, 15) is 18.0 Å². The number of urea groups is 1. The Labute approximate surface area is 150 Å². The number of anilines is 1. The summed E-state index contributed by atoms with van der Waals surface area (Å²) in [7, 11) is 0. The first-order chi connectivity index (χ1) is 12.3. The Balaban J connectivity index is 1.45. The van der Waals surface area contributed by atoms with Gasteiger partial charge in [0.15, 0.2) is 0 Å². The zero-order valence-corrected chi connectivity index (χ0v) is 14.3. The molecule has 2 amide bonds. The molecule has 3 fully saturated rings. The molecule has 2 bridgehead atoms. The zero-order valence-electron chi connectivity index (χ0n) is 14.3. The minimum absolute atomic E-state index is 0.318. The maximum Gasteiger partial charge on any atom is 0.573 e. The average Bonchev–Trinajstić information content (AvgIpc) is 2.61. The number of nitrogens with one attached hydrogen (secondary N) is 2. The Morgan fingerprint density at radius 2 is 2.08 bits per heavy atom. The highest BCUT2D eigenvalue weighted by atomic mass is 19.4. The van der Waals surface area contributed by atoms with Crippen molar-refractivity contribution >= 4 is 11.7 Å². The fraction of sp³-hybridized carbons (Fsp3) is 0.500. The Morgan fingerprint density at radius 1 is 1.35 bits per heavy atom. The average molecular weight is 369 g/mol. The lowest BCUT2D eigenvalue weighted by Gasteiger charge is -2.49. The minimum Gasteiger partial charge on any atom is -0.406 e. The Morgan fingerprint density at radius 3 is 2.65 bits per heavy atom. The molecule has 4 atom stereocenters. The molecule has 0 aromatic heterocycles. The predicted molar refractivity (Wildman–Crippen MR) is 91.9 cm³/mol. The number of rotatable bonds is 5. The SMILES string of the molecule is C=CC1CN2CCC1CC2CNC(=O)Nc1ccc(OC(F)(F)F)cc1. The van der Waals surface area contributed by atoms with Crippen LogP contribution in [0, 0.1) is 11.8 Å². The van der Waals surface area contributed by atoms with Crippen molar-refractivity contribution in [3.63, 3.8) is 0 Å². The van der Waals surface area contributed by atoms with Crippen molar-refractivity contribution in [2.75, 3.05) is 25.0 Å². The van der Waals surface area contributed by atoms with Crippen molar-refractivity contribution in [1.29, 1.82) is 0 Å². The monoisotopic (exact) mass is 369 g/mol. The number of amides is 2. The van der Waals surface area contributed by atoms with E-state index in [-0.39, 0.29) is 11.8 Å². The summed E-state index contributed by atoms with van der Waals surface area (Å²) < 4.78 is 40.2. The van der Waals surface area contributed by atoms with Gasteiger partial charge in [0.1, 0.15) is 5.75 Å². The lowest BCUT2D eigenvalue weighted by atomic mass is 9.75.